The Kier molecular flexibility index (Phi) is 9.89. The third-order valence-electron chi connectivity index (χ3n) is 1.98. The fourth-order valence-corrected chi connectivity index (χ4v) is 1.18. The Bertz CT molecular complexity index is 187. The molecule has 0 spiro atoms. The van der Waals surface area contributed by atoms with Gasteiger partial charge in [0.2, 0.25) is 5.91 Å². The summed E-state index contributed by atoms with van der Waals surface area (Å²) in [6, 6.07) is 0. The van der Waals surface area contributed by atoms with Crippen molar-refractivity contribution >= 4 is 11.7 Å². The van der Waals surface area contributed by atoms with Crippen molar-refractivity contribution in [3.05, 3.63) is 0 Å². The highest BCUT2D eigenvalue weighted by atomic mass is 16.3. The fourth-order valence-electron chi connectivity index (χ4n) is 1.18. The number of rotatable bonds is 10. The van der Waals surface area contributed by atoms with E-state index in [2.05, 4.69) is 10.6 Å². The number of hydrogen-bond acceptors (Lipinski definition) is 5. The Balaban J connectivity index is 3.31. The Morgan fingerprint density at radius 3 is 2.38 bits per heavy atom. The summed E-state index contributed by atoms with van der Waals surface area (Å²) in [5, 5.41) is 21.9. The van der Waals surface area contributed by atoms with Crippen LogP contribution in [0.2, 0.25) is 0 Å². The van der Waals surface area contributed by atoms with Crippen LogP contribution >= 0.6 is 0 Å². The Morgan fingerprint density at radius 1 is 1.06 bits per heavy atom. The molecule has 94 valence electrons. The molecule has 0 rings (SSSR count). The number of carbonyl (C=O) groups excluding carboxylic acids is 2. The lowest BCUT2D eigenvalue weighted by molar-refractivity contribution is -0.122. The van der Waals surface area contributed by atoms with Crippen molar-refractivity contribution in [1.29, 1.82) is 0 Å². The molecule has 4 N–H and O–H groups in total. The molecule has 0 aliphatic rings. The quantitative estimate of drug-likeness (QED) is 0.279. The van der Waals surface area contributed by atoms with E-state index in [9.17, 15) is 9.59 Å². The lowest BCUT2D eigenvalue weighted by Crippen LogP contribution is -2.26. The number of unbranched alkanes of at least 4 members (excludes halogenated alkanes) is 1. The number of aliphatic hydroxyl groups is 2. The van der Waals surface area contributed by atoms with Crippen LogP contribution in [0.4, 0.5) is 0 Å². The summed E-state index contributed by atoms with van der Waals surface area (Å²) in [4.78, 5) is 22.2. The fraction of sp³-hybridized carbons (Fsp3) is 0.800. The van der Waals surface area contributed by atoms with E-state index in [1.54, 1.807) is 0 Å². The van der Waals surface area contributed by atoms with Crippen LogP contribution in [-0.2, 0) is 9.59 Å². The molecule has 0 saturated carbocycles. The molecule has 0 aliphatic heterocycles. The highest BCUT2D eigenvalue weighted by Gasteiger charge is 2.03. The SMILES string of the molecule is O=C(CCCCC(=O)NCCO)CNCO. The van der Waals surface area contributed by atoms with Gasteiger partial charge in [-0.25, -0.2) is 0 Å². The molecule has 0 aromatic heterocycles. The van der Waals surface area contributed by atoms with Crippen LogP contribution in [0.25, 0.3) is 0 Å². The number of ketones is 1. The third-order valence-corrected chi connectivity index (χ3v) is 1.98. The van der Waals surface area contributed by atoms with Crippen LogP contribution in [0.5, 0.6) is 0 Å². The average molecular weight is 232 g/mol. The number of carbonyl (C=O) groups is 2. The molecule has 0 fully saturated rings. The van der Waals surface area contributed by atoms with E-state index in [0.29, 0.717) is 25.7 Å². The molecule has 6 heteroatoms. The van der Waals surface area contributed by atoms with Gasteiger partial charge in [-0.15, -0.1) is 0 Å². The summed E-state index contributed by atoms with van der Waals surface area (Å²) in [7, 11) is 0. The molecule has 0 aromatic rings. The monoisotopic (exact) mass is 232 g/mol. The van der Waals surface area contributed by atoms with Crippen molar-refractivity contribution in [2.75, 3.05) is 26.4 Å². The van der Waals surface area contributed by atoms with Gasteiger partial charge in [0.05, 0.1) is 19.9 Å². The number of nitrogens with one attached hydrogen (secondary N) is 2. The molecule has 0 radical (unpaired) electrons. The van der Waals surface area contributed by atoms with Crippen molar-refractivity contribution in [2.24, 2.45) is 0 Å². The molecule has 1 amide bonds. The molecule has 0 unspecified atom stereocenters. The summed E-state index contributed by atoms with van der Waals surface area (Å²) in [6.07, 6.45) is 2.11. The highest BCUT2D eigenvalue weighted by Crippen LogP contribution is 2.00. The summed E-state index contributed by atoms with van der Waals surface area (Å²) >= 11 is 0. The second-order valence-electron chi connectivity index (χ2n) is 3.40. The molecule has 16 heavy (non-hydrogen) atoms. The first-order chi connectivity index (χ1) is 7.70. The smallest absolute Gasteiger partial charge is 0.220 e. The molecular weight excluding hydrogens is 212 g/mol. The summed E-state index contributed by atoms with van der Waals surface area (Å²) in [5.74, 6) is -0.0696. The lowest BCUT2D eigenvalue weighted by Gasteiger charge is -2.03. The summed E-state index contributed by atoms with van der Waals surface area (Å²) < 4.78 is 0. The molecule has 0 atom stereocenters. The largest absolute Gasteiger partial charge is 0.395 e. The highest BCUT2D eigenvalue weighted by molar-refractivity contribution is 5.80. The number of Topliss-reactive ketones (excluding diaryl/α,β-unsaturated/α-hetero) is 1. The van der Waals surface area contributed by atoms with Crippen LogP contribution in [0, 0.1) is 0 Å². The van der Waals surface area contributed by atoms with Crippen molar-refractivity contribution in [3.63, 3.8) is 0 Å². The maximum absolute atomic E-state index is 11.1. The minimum absolute atomic E-state index is 0.0322. The zero-order valence-corrected chi connectivity index (χ0v) is 9.37. The van der Waals surface area contributed by atoms with Crippen LogP contribution in [0.15, 0.2) is 0 Å². The molecule has 0 aliphatic carbocycles. The van der Waals surface area contributed by atoms with E-state index >= 15 is 0 Å². The second-order valence-corrected chi connectivity index (χ2v) is 3.40. The van der Waals surface area contributed by atoms with Gasteiger partial charge >= 0.3 is 0 Å². The minimum Gasteiger partial charge on any atom is -0.395 e. The zero-order chi connectivity index (χ0) is 12.2. The maximum Gasteiger partial charge on any atom is 0.220 e. The minimum atomic E-state index is -0.199. The Labute approximate surface area is 95.0 Å². The molecule has 0 aromatic carbocycles. The van der Waals surface area contributed by atoms with Gasteiger partial charge in [0.1, 0.15) is 5.78 Å². The maximum atomic E-state index is 11.1. The predicted octanol–water partition coefficient (Wildman–Crippen LogP) is -1.24. The van der Waals surface area contributed by atoms with Gasteiger partial charge in [-0.05, 0) is 12.8 Å². The molecular formula is C10H20N2O4. The van der Waals surface area contributed by atoms with E-state index in [1.807, 2.05) is 0 Å². The average Bonchev–Trinajstić information content (AvgIpc) is 2.29. The van der Waals surface area contributed by atoms with Gasteiger partial charge in [0.25, 0.3) is 0 Å². The molecule has 0 heterocycles. The van der Waals surface area contributed by atoms with E-state index in [0.717, 1.165) is 0 Å². The number of amides is 1. The molecule has 0 bridgehead atoms. The van der Waals surface area contributed by atoms with Gasteiger partial charge in [0, 0.05) is 19.4 Å². The molecule has 0 saturated heterocycles. The summed E-state index contributed by atoms with van der Waals surface area (Å²) in [6.45, 7) is 0.192. The first-order valence-electron chi connectivity index (χ1n) is 5.41. The van der Waals surface area contributed by atoms with Gasteiger partial charge in [-0.1, -0.05) is 0 Å². The van der Waals surface area contributed by atoms with E-state index in [-0.39, 0.29) is 38.1 Å². The first kappa shape index (κ1) is 15.0. The predicted molar refractivity (Wildman–Crippen MR) is 58.7 cm³/mol. The van der Waals surface area contributed by atoms with Crippen molar-refractivity contribution in [2.45, 2.75) is 25.7 Å². The standard InChI is InChI=1S/C10H20N2O4/c13-6-5-12-10(16)4-2-1-3-9(15)7-11-8-14/h11,13-14H,1-8H2,(H,12,16). The number of aliphatic hydroxyl groups excluding tert-OH is 2. The van der Waals surface area contributed by atoms with E-state index in [4.69, 9.17) is 10.2 Å². The van der Waals surface area contributed by atoms with Crippen LogP contribution in [0.1, 0.15) is 25.7 Å². The Hall–Kier alpha value is -0.980. The van der Waals surface area contributed by atoms with Crippen LogP contribution in [0.3, 0.4) is 0 Å². The second kappa shape index (κ2) is 10.5. The first-order valence-corrected chi connectivity index (χ1v) is 5.41. The van der Waals surface area contributed by atoms with Crippen molar-refractivity contribution < 1.29 is 19.8 Å². The Morgan fingerprint density at radius 2 is 1.75 bits per heavy atom. The normalized spacial score (nSPS) is 10.1. The van der Waals surface area contributed by atoms with E-state index in [1.165, 1.54) is 0 Å². The zero-order valence-electron chi connectivity index (χ0n) is 9.37. The van der Waals surface area contributed by atoms with Crippen LogP contribution in [-0.4, -0.2) is 48.3 Å². The number of hydrogen-bond donors (Lipinski definition) is 4. The van der Waals surface area contributed by atoms with E-state index < -0.39 is 0 Å². The summed E-state index contributed by atoms with van der Waals surface area (Å²) in [5.41, 5.74) is 0. The topological polar surface area (TPSA) is 98.7 Å². The van der Waals surface area contributed by atoms with Crippen LogP contribution < -0.4 is 10.6 Å². The molecule has 6 nitrogen and oxygen atoms in total. The van der Waals surface area contributed by atoms with Gasteiger partial charge in [-0.3, -0.25) is 14.9 Å². The van der Waals surface area contributed by atoms with Gasteiger partial charge in [-0.2, -0.15) is 0 Å². The van der Waals surface area contributed by atoms with Crippen molar-refractivity contribution in [1.82, 2.24) is 10.6 Å². The van der Waals surface area contributed by atoms with Crippen molar-refractivity contribution in [3.8, 4) is 0 Å². The third kappa shape index (κ3) is 9.57. The van der Waals surface area contributed by atoms with Gasteiger partial charge < -0.3 is 15.5 Å². The lowest BCUT2D eigenvalue weighted by atomic mass is 10.1. The van der Waals surface area contributed by atoms with Gasteiger partial charge in [0.15, 0.2) is 0 Å².